The molecular weight excluding hydrogens is 218 g/mol. The summed E-state index contributed by atoms with van der Waals surface area (Å²) in [5.74, 6) is 0. The van der Waals surface area contributed by atoms with Crippen LogP contribution in [0.5, 0.6) is 0 Å². The van der Waals surface area contributed by atoms with Crippen molar-refractivity contribution < 1.29 is 31.9 Å². The van der Waals surface area contributed by atoms with E-state index in [1.807, 2.05) is 0 Å². The summed E-state index contributed by atoms with van der Waals surface area (Å²) in [6.07, 6.45) is 0. The minimum atomic E-state index is 0. The predicted molar refractivity (Wildman–Crippen MR) is 34.4 cm³/mol. The molecule has 0 rings (SSSR count). The maximum atomic E-state index is 4.90. The zero-order valence-electron chi connectivity index (χ0n) is 5.26. The van der Waals surface area contributed by atoms with Crippen LogP contribution >= 0.6 is 23.7 Å². The van der Waals surface area contributed by atoms with Gasteiger partial charge in [0.05, 0.1) is 50.2 Å². The zero-order valence-corrected chi connectivity index (χ0v) is 8.16. The summed E-state index contributed by atoms with van der Waals surface area (Å²) < 4.78 is 13.3. The van der Waals surface area contributed by atoms with E-state index in [9.17, 15) is 0 Å². The first kappa shape index (κ1) is 13.6. The van der Waals surface area contributed by atoms with Crippen LogP contribution in [0.4, 0.5) is 0 Å². The van der Waals surface area contributed by atoms with E-state index in [0.717, 1.165) is 0 Å². The molecule has 0 saturated heterocycles. The normalized spacial score (nSPS) is 9.00. The maximum absolute atomic E-state index is 4.90. The standard InChI is InChI=1S/C4H8Cl2O3.V/c5-8-3-1-7-2-4-9-6;/h1-4H2;. The molecule has 61 valence electrons. The van der Waals surface area contributed by atoms with Crippen molar-refractivity contribution in [1.82, 2.24) is 0 Å². The summed E-state index contributed by atoms with van der Waals surface area (Å²) in [6.45, 7) is 1.68. The largest absolute Gasteiger partial charge is 0.377 e. The van der Waals surface area contributed by atoms with Gasteiger partial charge in [-0.1, -0.05) is 0 Å². The van der Waals surface area contributed by atoms with Crippen molar-refractivity contribution in [3.05, 3.63) is 0 Å². The molecule has 0 aliphatic heterocycles. The van der Waals surface area contributed by atoms with Crippen LogP contribution in [-0.2, 0) is 31.9 Å². The number of hydrogen-bond donors (Lipinski definition) is 0. The van der Waals surface area contributed by atoms with E-state index in [0.29, 0.717) is 26.4 Å². The molecule has 0 aliphatic carbocycles. The Labute approximate surface area is 82.1 Å². The van der Waals surface area contributed by atoms with Crippen molar-refractivity contribution in [3.63, 3.8) is 0 Å². The van der Waals surface area contributed by atoms with Crippen LogP contribution < -0.4 is 0 Å². The molecular formula is C4H8Cl2O3V. The van der Waals surface area contributed by atoms with Gasteiger partial charge in [-0.05, 0) is 0 Å². The predicted octanol–water partition coefficient (Wildman–Crippen LogP) is 1.34. The van der Waals surface area contributed by atoms with Gasteiger partial charge in [-0.15, -0.1) is 0 Å². The van der Waals surface area contributed by atoms with Gasteiger partial charge in [0.1, 0.15) is 0 Å². The molecule has 1 radical (unpaired) electrons. The number of hydrogen-bond acceptors (Lipinski definition) is 3. The minimum absolute atomic E-state index is 0. The third kappa shape index (κ3) is 11.8. The fourth-order valence-electron chi connectivity index (χ4n) is 0.283. The summed E-state index contributed by atoms with van der Waals surface area (Å²) in [5.41, 5.74) is 0. The summed E-state index contributed by atoms with van der Waals surface area (Å²) in [5, 5.41) is 0. The van der Waals surface area contributed by atoms with E-state index in [2.05, 4.69) is 8.58 Å². The Balaban J connectivity index is 0. The summed E-state index contributed by atoms with van der Waals surface area (Å²) in [7, 11) is 0. The number of ether oxygens (including phenoxy) is 1. The summed E-state index contributed by atoms with van der Waals surface area (Å²) in [4.78, 5) is 0. The molecule has 0 aromatic rings. The molecule has 0 bridgehead atoms. The van der Waals surface area contributed by atoms with Crippen LogP contribution in [0.3, 0.4) is 0 Å². The van der Waals surface area contributed by atoms with Gasteiger partial charge >= 0.3 is 0 Å². The van der Waals surface area contributed by atoms with E-state index < -0.39 is 0 Å². The molecule has 0 N–H and O–H groups in total. The molecule has 0 unspecified atom stereocenters. The van der Waals surface area contributed by atoms with E-state index in [1.54, 1.807) is 0 Å². The summed E-state index contributed by atoms with van der Waals surface area (Å²) in [6, 6.07) is 0. The van der Waals surface area contributed by atoms with Crippen molar-refractivity contribution in [2.45, 2.75) is 0 Å². The van der Waals surface area contributed by atoms with Crippen LogP contribution in [0, 0.1) is 0 Å². The maximum Gasteiger partial charge on any atom is 0.0916 e. The fourth-order valence-corrected chi connectivity index (χ4v) is 0.409. The van der Waals surface area contributed by atoms with E-state index in [-0.39, 0.29) is 18.6 Å². The van der Waals surface area contributed by atoms with Crippen molar-refractivity contribution in [1.29, 1.82) is 0 Å². The Bertz CT molecular complexity index is 51.8. The third-order valence-electron chi connectivity index (χ3n) is 0.610. The van der Waals surface area contributed by atoms with E-state index >= 15 is 0 Å². The molecule has 3 nitrogen and oxygen atoms in total. The van der Waals surface area contributed by atoms with Gasteiger partial charge in [-0.2, -0.15) is 0 Å². The van der Waals surface area contributed by atoms with Gasteiger partial charge in [0.2, 0.25) is 0 Å². The van der Waals surface area contributed by atoms with Crippen LogP contribution in [0.1, 0.15) is 0 Å². The van der Waals surface area contributed by atoms with Crippen molar-refractivity contribution in [2.75, 3.05) is 26.4 Å². The molecule has 0 amide bonds. The zero-order chi connectivity index (χ0) is 6.95. The smallest absolute Gasteiger partial charge is 0.0916 e. The number of rotatable bonds is 6. The van der Waals surface area contributed by atoms with Crippen LogP contribution in [0.15, 0.2) is 0 Å². The Morgan fingerprint density at radius 3 is 1.50 bits per heavy atom. The average Bonchev–Trinajstić information content (AvgIpc) is 1.89. The average molecular weight is 226 g/mol. The second-order valence-corrected chi connectivity index (χ2v) is 1.68. The molecule has 0 saturated carbocycles. The first-order chi connectivity index (χ1) is 4.41. The monoisotopic (exact) mass is 225 g/mol. The van der Waals surface area contributed by atoms with Crippen molar-refractivity contribution in [3.8, 4) is 0 Å². The topological polar surface area (TPSA) is 27.7 Å². The Hall–Kier alpha value is 1.04. The van der Waals surface area contributed by atoms with Crippen LogP contribution in [-0.4, -0.2) is 26.4 Å². The summed E-state index contributed by atoms with van der Waals surface area (Å²) >= 11 is 9.75. The molecule has 0 atom stereocenters. The van der Waals surface area contributed by atoms with Gasteiger partial charge in [0.25, 0.3) is 0 Å². The van der Waals surface area contributed by atoms with Crippen molar-refractivity contribution in [2.24, 2.45) is 0 Å². The SMILES string of the molecule is ClOCCOCCOCl.[V]. The Morgan fingerprint density at radius 1 is 0.800 bits per heavy atom. The minimum Gasteiger partial charge on any atom is -0.377 e. The quantitative estimate of drug-likeness (QED) is 0.639. The molecule has 0 fully saturated rings. The molecule has 0 aromatic carbocycles. The molecule has 0 heterocycles. The van der Waals surface area contributed by atoms with Gasteiger partial charge in [0, 0.05) is 18.6 Å². The second-order valence-electron chi connectivity index (χ2n) is 1.24. The van der Waals surface area contributed by atoms with Crippen LogP contribution in [0.25, 0.3) is 0 Å². The molecule has 10 heavy (non-hydrogen) atoms. The van der Waals surface area contributed by atoms with Gasteiger partial charge in [0.15, 0.2) is 0 Å². The molecule has 0 aliphatic rings. The first-order valence-electron chi connectivity index (χ1n) is 2.46. The molecule has 6 heteroatoms. The van der Waals surface area contributed by atoms with Gasteiger partial charge in [-0.25, -0.2) is 0 Å². The third-order valence-corrected chi connectivity index (χ3v) is 0.918. The first-order valence-corrected chi connectivity index (χ1v) is 3.08. The van der Waals surface area contributed by atoms with Gasteiger partial charge < -0.3 is 4.74 Å². The van der Waals surface area contributed by atoms with Crippen LogP contribution in [0.2, 0.25) is 0 Å². The molecule has 0 aromatic heterocycles. The van der Waals surface area contributed by atoms with Gasteiger partial charge in [-0.3, -0.25) is 8.58 Å². The fraction of sp³-hybridized carbons (Fsp3) is 1.00. The second kappa shape index (κ2) is 12.7. The molecule has 0 spiro atoms. The van der Waals surface area contributed by atoms with E-state index in [1.165, 1.54) is 0 Å². The number of halogens is 2. The Morgan fingerprint density at radius 2 is 1.20 bits per heavy atom. The Kier molecular flexibility index (Phi) is 17.3. The van der Waals surface area contributed by atoms with E-state index in [4.69, 9.17) is 28.5 Å². The van der Waals surface area contributed by atoms with Crippen molar-refractivity contribution >= 4 is 23.7 Å².